The Morgan fingerprint density at radius 2 is 2.50 bits per heavy atom. The molecule has 1 rings (SSSR count). The Bertz CT molecular complexity index is 377. The predicted octanol–water partition coefficient (Wildman–Crippen LogP) is 0.598. The highest BCUT2D eigenvalue weighted by Gasteiger charge is 2.17. The van der Waals surface area contributed by atoms with Gasteiger partial charge in [0.25, 0.3) is 5.91 Å². The quantitative estimate of drug-likeness (QED) is 0.350. The summed E-state index contributed by atoms with van der Waals surface area (Å²) >= 11 is 1.37. The molecule has 1 heterocycles. The third-order valence-electron chi connectivity index (χ3n) is 2.17. The lowest BCUT2D eigenvalue weighted by Crippen LogP contribution is -2.36. The predicted molar refractivity (Wildman–Crippen MR) is 61.6 cm³/mol. The Balaban J connectivity index is 2.59. The molecule has 1 aromatic heterocycles. The fraction of sp³-hybridized carbons (Fsp3) is 0.444. The number of amides is 1. The van der Waals surface area contributed by atoms with E-state index < -0.39 is 0 Å². The maximum Gasteiger partial charge on any atom is 0.273 e. The minimum atomic E-state index is -0.197. The molecule has 0 aliphatic rings. The molecule has 0 aromatic carbocycles. The number of nitrogens with zero attached hydrogens (tertiary/aromatic N) is 3. The van der Waals surface area contributed by atoms with Crippen LogP contribution in [0.15, 0.2) is 16.0 Å². The summed E-state index contributed by atoms with van der Waals surface area (Å²) in [6.07, 6.45) is 0. The van der Waals surface area contributed by atoms with E-state index in [2.05, 4.69) is 10.1 Å². The maximum atomic E-state index is 11.8. The van der Waals surface area contributed by atoms with Crippen molar-refractivity contribution in [2.45, 2.75) is 6.92 Å². The highest BCUT2D eigenvalue weighted by atomic mass is 32.1. The second-order valence-corrected chi connectivity index (χ2v) is 4.20. The SMILES string of the molecule is CC(CN(C)C(=O)c1cscn1)C(N)=NO. The van der Waals surface area contributed by atoms with Crippen molar-refractivity contribution in [3.63, 3.8) is 0 Å². The molecule has 0 radical (unpaired) electrons. The second-order valence-electron chi connectivity index (χ2n) is 3.49. The van der Waals surface area contributed by atoms with Crippen LogP contribution in [0.5, 0.6) is 0 Å². The lowest BCUT2D eigenvalue weighted by Gasteiger charge is -2.19. The minimum absolute atomic E-state index is 0.109. The first kappa shape index (κ1) is 12.4. The van der Waals surface area contributed by atoms with E-state index in [1.807, 2.05) is 0 Å². The number of carbonyl (C=O) groups is 1. The molecule has 0 aliphatic carbocycles. The number of thiazole rings is 1. The van der Waals surface area contributed by atoms with E-state index in [0.717, 1.165) is 0 Å². The van der Waals surface area contributed by atoms with Gasteiger partial charge in [-0.25, -0.2) is 4.98 Å². The molecule has 0 saturated carbocycles. The van der Waals surface area contributed by atoms with Crippen molar-refractivity contribution < 1.29 is 10.0 Å². The van der Waals surface area contributed by atoms with Gasteiger partial charge >= 0.3 is 0 Å². The molecule has 16 heavy (non-hydrogen) atoms. The van der Waals surface area contributed by atoms with Crippen LogP contribution >= 0.6 is 11.3 Å². The van der Waals surface area contributed by atoms with E-state index in [0.29, 0.717) is 12.2 Å². The van der Waals surface area contributed by atoms with Gasteiger partial charge in [-0.15, -0.1) is 11.3 Å². The molecule has 1 aromatic rings. The Labute approximate surface area is 97.4 Å². The van der Waals surface area contributed by atoms with Crippen molar-refractivity contribution in [3.8, 4) is 0 Å². The second kappa shape index (κ2) is 5.45. The Kier molecular flexibility index (Phi) is 4.24. The van der Waals surface area contributed by atoms with Crippen molar-refractivity contribution >= 4 is 23.1 Å². The van der Waals surface area contributed by atoms with Crippen LogP contribution in [0.25, 0.3) is 0 Å². The number of carbonyl (C=O) groups excluding carboxylic acids is 1. The summed E-state index contributed by atoms with van der Waals surface area (Å²) in [5, 5.41) is 13.1. The van der Waals surface area contributed by atoms with E-state index in [1.165, 1.54) is 16.2 Å². The number of amidine groups is 1. The summed E-state index contributed by atoms with van der Waals surface area (Å²) < 4.78 is 0. The lowest BCUT2D eigenvalue weighted by molar-refractivity contribution is 0.0781. The maximum absolute atomic E-state index is 11.8. The summed E-state index contributed by atoms with van der Waals surface area (Å²) in [5.74, 6) is -0.255. The number of nitrogens with two attached hydrogens (primary N) is 1. The van der Waals surface area contributed by atoms with Gasteiger partial charge in [0.05, 0.1) is 5.51 Å². The van der Waals surface area contributed by atoms with Crippen molar-refractivity contribution in [1.29, 1.82) is 0 Å². The summed E-state index contributed by atoms with van der Waals surface area (Å²) in [5.41, 5.74) is 7.45. The normalized spacial score (nSPS) is 13.5. The van der Waals surface area contributed by atoms with Crippen LogP contribution < -0.4 is 5.73 Å². The molecule has 0 aliphatic heterocycles. The third-order valence-corrected chi connectivity index (χ3v) is 2.75. The van der Waals surface area contributed by atoms with Crippen LogP contribution in [0.2, 0.25) is 0 Å². The molecule has 88 valence electrons. The number of hydrogen-bond acceptors (Lipinski definition) is 5. The Morgan fingerprint density at radius 1 is 1.81 bits per heavy atom. The molecule has 1 atom stereocenters. The highest BCUT2D eigenvalue weighted by molar-refractivity contribution is 7.07. The Morgan fingerprint density at radius 3 is 3.00 bits per heavy atom. The van der Waals surface area contributed by atoms with Gasteiger partial charge in [-0.05, 0) is 0 Å². The average molecular weight is 242 g/mol. The highest BCUT2D eigenvalue weighted by Crippen LogP contribution is 2.06. The van der Waals surface area contributed by atoms with Crippen molar-refractivity contribution in [1.82, 2.24) is 9.88 Å². The van der Waals surface area contributed by atoms with E-state index >= 15 is 0 Å². The fourth-order valence-electron chi connectivity index (χ4n) is 1.20. The summed E-state index contributed by atoms with van der Waals surface area (Å²) in [6, 6.07) is 0. The molecule has 0 bridgehead atoms. The molecule has 6 nitrogen and oxygen atoms in total. The average Bonchev–Trinajstić information content (AvgIpc) is 2.79. The minimum Gasteiger partial charge on any atom is -0.409 e. The molecule has 7 heteroatoms. The van der Waals surface area contributed by atoms with Gasteiger partial charge in [0.1, 0.15) is 11.5 Å². The van der Waals surface area contributed by atoms with Crippen LogP contribution in [0, 0.1) is 5.92 Å². The van der Waals surface area contributed by atoms with Crippen LogP contribution in [0.3, 0.4) is 0 Å². The van der Waals surface area contributed by atoms with Crippen molar-refractivity contribution in [3.05, 3.63) is 16.6 Å². The number of hydrogen-bond donors (Lipinski definition) is 2. The first-order valence-electron chi connectivity index (χ1n) is 4.67. The summed E-state index contributed by atoms with van der Waals surface area (Å²) in [6.45, 7) is 2.16. The van der Waals surface area contributed by atoms with E-state index in [-0.39, 0.29) is 17.7 Å². The first-order valence-corrected chi connectivity index (χ1v) is 5.61. The van der Waals surface area contributed by atoms with Gasteiger partial charge in [0, 0.05) is 24.9 Å². The van der Waals surface area contributed by atoms with Gasteiger partial charge in [-0.1, -0.05) is 12.1 Å². The molecule has 0 spiro atoms. The number of oxime groups is 1. The van der Waals surface area contributed by atoms with Crippen LogP contribution in [0.1, 0.15) is 17.4 Å². The fourth-order valence-corrected chi connectivity index (χ4v) is 1.73. The number of aromatic nitrogens is 1. The zero-order valence-electron chi connectivity index (χ0n) is 9.12. The van der Waals surface area contributed by atoms with E-state index in [4.69, 9.17) is 10.9 Å². The van der Waals surface area contributed by atoms with Gasteiger partial charge in [-0.2, -0.15) is 0 Å². The van der Waals surface area contributed by atoms with Crippen LogP contribution in [-0.4, -0.2) is 40.4 Å². The zero-order valence-corrected chi connectivity index (χ0v) is 9.94. The van der Waals surface area contributed by atoms with Crippen molar-refractivity contribution in [2.75, 3.05) is 13.6 Å². The molecule has 1 amide bonds. The third kappa shape index (κ3) is 2.93. The van der Waals surface area contributed by atoms with Crippen molar-refractivity contribution in [2.24, 2.45) is 16.8 Å². The summed E-state index contributed by atoms with van der Waals surface area (Å²) in [4.78, 5) is 17.2. The molecular weight excluding hydrogens is 228 g/mol. The van der Waals surface area contributed by atoms with Gasteiger partial charge in [-0.3, -0.25) is 4.79 Å². The lowest BCUT2D eigenvalue weighted by atomic mass is 10.1. The molecule has 3 N–H and O–H groups in total. The van der Waals surface area contributed by atoms with Gasteiger partial charge in [0.2, 0.25) is 0 Å². The summed E-state index contributed by atoms with van der Waals surface area (Å²) in [7, 11) is 1.66. The van der Waals surface area contributed by atoms with E-state index in [1.54, 1.807) is 24.9 Å². The van der Waals surface area contributed by atoms with Gasteiger partial charge < -0.3 is 15.8 Å². The Hall–Kier alpha value is -1.63. The zero-order chi connectivity index (χ0) is 12.1. The largest absolute Gasteiger partial charge is 0.409 e. The first-order chi connectivity index (χ1) is 7.56. The molecular formula is C9H14N4O2S. The topological polar surface area (TPSA) is 91.8 Å². The molecule has 0 fully saturated rings. The molecule has 1 unspecified atom stereocenters. The monoisotopic (exact) mass is 242 g/mol. The van der Waals surface area contributed by atoms with Gasteiger partial charge in [0.15, 0.2) is 0 Å². The standard InChI is InChI=1S/C9H14N4O2S/c1-6(8(10)12-15)3-13(2)9(14)7-4-16-5-11-7/h4-6,15H,3H2,1-2H3,(H2,10,12). The van der Waals surface area contributed by atoms with Crippen LogP contribution in [0.4, 0.5) is 0 Å². The smallest absolute Gasteiger partial charge is 0.273 e. The molecule has 0 saturated heterocycles. The number of rotatable bonds is 4. The van der Waals surface area contributed by atoms with E-state index in [9.17, 15) is 4.79 Å². The van der Waals surface area contributed by atoms with Crippen LogP contribution in [-0.2, 0) is 0 Å².